The fourth-order valence-corrected chi connectivity index (χ4v) is 1.95. The summed E-state index contributed by atoms with van der Waals surface area (Å²) in [7, 11) is 0. The van der Waals surface area contributed by atoms with Gasteiger partial charge in [-0.1, -0.05) is 25.4 Å². The first kappa shape index (κ1) is 13.3. The fourth-order valence-electron chi connectivity index (χ4n) is 1.77. The van der Waals surface area contributed by atoms with E-state index in [2.05, 4.69) is 25.7 Å². The second-order valence-corrected chi connectivity index (χ2v) is 4.58. The molecule has 0 saturated carbocycles. The van der Waals surface area contributed by atoms with Crippen LogP contribution in [-0.2, 0) is 6.54 Å². The van der Waals surface area contributed by atoms with Crippen molar-refractivity contribution < 1.29 is 0 Å². The molecule has 1 aromatic carbocycles. The fraction of sp³-hybridized carbons (Fsp3) is 0.538. The lowest BCUT2D eigenvalue weighted by Gasteiger charge is -2.27. The Balaban J connectivity index is 2.81. The third-order valence-corrected chi connectivity index (χ3v) is 3.43. The van der Waals surface area contributed by atoms with Crippen LogP contribution in [0.25, 0.3) is 0 Å². The second kappa shape index (κ2) is 6.12. The zero-order chi connectivity index (χ0) is 12.1. The van der Waals surface area contributed by atoms with Gasteiger partial charge in [-0.25, -0.2) is 0 Å². The van der Waals surface area contributed by atoms with Gasteiger partial charge in [0.15, 0.2) is 0 Å². The number of hydrogen-bond acceptors (Lipinski definition) is 2. The van der Waals surface area contributed by atoms with Crippen LogP contribution < -0.4 is 5.73 Å². The second-order valence-electron chi connectivity index (χ2n) is 4.17. The summed E-state index contributed by atoms with van der Waals surface area (Å²) in [5.74, 6) is 0. The number of nitrogens with two attached hydrogens (primary N) is 1. The van der Waals surface area contributed by atoms with E-state index in [-0.39, 0.29) is 0 Å². The summed E-state index contributed by atoms with van der Waals surface area (Å²) in [6, 6.07) is 6.25. The van der Waals surface area contributed by atoms with Crippen molar-refractivity contribution in [2.24, 2.45) is 0 Å². The maximum absolute atomic E-state index is 6.16. The van der Waals surface area contributed by atoms with Crippen LogP contribution >= 0.6 is 11.6 Å². The SMILES string of the molecule is CCC(C)N(CC)Cc1cc(N)ccc1Cl. The molecule has 0 aromatic heterocycles. The average molecular weight is 241 g/mol. The number of nitrogen functional groups attached to an aromatic ring is 1. The van der Waals surface area contributed by atoms with E-state index >= 15 is 0 Å². The van der Waals surface area contributed by atoms with E-state index in [9.17, 15) is 0 Å². The van der Waals surface area contributed by atoms with Gasteiger partial charge >= 0.3 is 0 Å². The molecule has 1 atom stereocenters. The number of nitrogens with zero attached hydrogens (tertiary/aromatic N) is 1. The molecule has 2 nitrogen and oxygen atoms in total. The summed E-state index contributed by atoms with van der Waals surface area (Å²) in [6.45, 7) is 8.51. The molecular weight excluding hydrogens is 220 g/mol. The summed E-state index contributed by atoms with van der Waals surface area (Å²) in [5.41, 5.74) is 7.67. The van der Waals surface area contributed by atoms with Gasteiger partial charge < -0.3 is 5.73 Å². The van der Waals surface area contributed by atoms with Crippen molar-refractivity contribution in [1.29, 1.82) is 0 Å². The molecule has 0 saturated heterocycles. The highest BCUT2D eigenvalue weighted by molar-refractivity contribution is 6.31. The summed E-state index contributed by atoms with van der Waals surface area (Å²) in [4.78, 5) is 2.40. The lowest BCUT2D eigenvalue weighted by atomic mass is 10.1. The van der Waals surface area contributed by atoms with E-state index in [1.54, 1.807) is 0 Å². The lowest BCUT2D eigenvalue weighted by Crippen LogP contribution is -2.31. The van der Waals surface area contributed by atoms with Crippen molar-refractivity contribution in [3.63, 3.8) is 0 Å². The van der Waals surface area contributed by atoms with Gasteiger partial charge in [0.25, 0.3) is 0 Å². The van der Waals surface area contributed by atoms with Gasteiger partial charge in [0.1, 0.15) is 0 Å². The molecule has 1 unspecified atom stereocenters. The molecule has 3 heteroatoms. The number of rotatable bonds is 5. The molecule has 0 radical (unpaired) electrons. The lowest BCUT2D eigenvalue weighted by molar-refractivity contribution is 0.206. The van der Waals surface area contributed by atoms with Gasteiger partial charge in [-0.05, 0) is 43.7 Å². The Hall–Kier alpha value is -0.730. The quantitative estimate of drug-likeness (QED) is 0.798. The van der Waals surface area contributed by atoms with Crippen molar-refractivity contribution in [2.45, 2.75) is 39.8 Å². The van der Waals surface area contributed by atoms with Crippen LogP contribution in [-0.4, -0.2) is 17.5 Å². The monoisotopic (exact) mass is 240 g/mol. The van der Waals surface area contributed by atoms with E-state index in [1.165, 1.54) is 0 Å². The Morgan fingerprint density at radius 2 is 2.06 bits per heavy atom. The highest BCUT2D eigenvalue weighted by Crippen LogP contribution is 2.21. The van der Waals surface area contributed by atoms with Crippen molar-refractivity contribution in [2.75, 3.05) is 12.3 Å². The van der Waals surface area contributed by atoms with Crippen LogP contribution in [0.4, 0.5) is 5.69 Å². The summed E-state index contributed by atoms with van der Waals surface area (Å²) in [6.07, 6.45) is 1.15. The molecule has 0 spiro atoms. The Labute approximate surface area is 103 Å². The van der Waals surface area contributed by atoms with Crippen molar-refractivity contribution in [3.05, 3.63) is 28.8 Å². The van der Waals surface area contributed by atoms with Crippen molar-refractivity contribution in [1.82, 2.24) is 4.90 Å². The molecule has 0 aliphatic rings. The zero-order valence-electron chi connectivity index (χ0n) is 10.3. The minimum atomic E-state index is 0.572. The van der Waals surface area contributed by atoms with Crippen LogP contribution in [0, 0.1) is 0 Å². The van der Waals surface area contributed by atoms with E-state index in [1.807, 2.05) is 18.2 Å². The zero-order valence-corrected chi connectivity index (χ0v) is 11.1. The summed E-state index contributed by atoms with van der Waals surface area (Å²) in [5, 5.41) is 0.802. The maximum atomic E-state index is 6.16. The third-order valence-electron chi connectivity index (χ3n) is 3.06. The smallest absolute Gasteiger partial charge is 0.0452 e. The highest BCUT2D eigenvalue weighted by Gasteiger charge is 2.12. The summed E-state index contributed by atoms with van der Waals surface area (Å²) < 4.78 is 0. The molecule has 90 valence electrons. The van der Waals surface area contributed by atoms with Gasteiger partial charge in [-0.3, -0.25) is 4.90 Å². The Bertz CT molecular complexity index is 339. The van der Waals surface area contributed by atoms with Crippen LogP contribution in [0.15, 0.2) is 18.2 Å². The molecule has 0 bridgehead atoms. The first-order valence-corrected chi connectivity index (χ1v) is 6.24. The number of halogens is 1. The van der Waals surface area contributed by atoms with E-state index in [4.69, 9.17) is 17.3 Å². The standard InChI is InChI=1S/C13H21ClN2/c1-4-10(3)16(5-2)9-11-8-12(15)6-7-13(11)14/h6-8,10H,4-5,9,15H2,1-3H3. The van der Waals surface area contributed by atoms with E-state index in [0.29, 0.717) is 6.04 Å². The predicted molar refractivity (Wildman–Crippen MR) is 71.7 cm³/mol. The van der Waals surface area contributed by atoms with Gasteiger partial charge in [-0.15, -0.1) is 0 Å². The Kier molecular flexibility index (Phi) is 5.10. The van der Waals surface area contributed by atoms with Crippen molar-refractivity contribution >= 4 is 17.3 Å². The molecule has 0 aliphatic heterocycles. The van der Waals surface area contributed by atoms with Crippen LogP contribution in [0.3, 0.4) is 0 Å². The molecule has 1 aromatic rings. The largest absolute Gasteiger partial charge is 0.399 e. The Morgan fingerprint density at radius 1 is 1.38 bits per heavy atom. The van der Waals surface area contributed by atoms with Gasteiger partial charge in [0.2, 0.25) is 0 Å². The molecular formula is C13H21ClN2. The van der Waals surface area contributed by atoms with Gasteiger partial charge in [-0.2, -0.15) is 0 Å². The molecule has 16 heavy (non-hydrogen) atoms. The molecule has 1 rings (SSSR count). The molecule has 0 amide bonds. The van der Waals surface area contributed by atoms with Crippen molar-refractivity contribution in [3.8, 4) is 0 Å². The minimum Gasteiger partial charge on any atom is -0.399 e. The minimum absolute atomic E-state index is 0.572. The molecule has 0 fully saturated rings. The predicted octanol–water partition coefficient (Wildman–Crippen LogP) is 3.54. The molecule has 0 aliphatic carbocycles. The highest BCUT2D eigenvalue weighted by atomic mass is 35.5. The first-order chi connectivity index (χ1) is 7.58. The molecule has 2 N–H and O–H groups in total. The van der Waals surface area contributed by atoms with Gasteiger partial charge in [0, 0.05) is 23.3 Å². The number of anilines is 1. The number of hydrogen-bond donors (Lipinski definition) is 1. The van der Waals surface area contributed by atoms with Crippen LogP contribution in [0.1, 0.15) is 32.8 Å². The topological polar surface area (TPSA) is 29.3 Å². The maximum Gasteiger partial charge on any atom is 0.0452 e. The summed E-state index contributed by atoms with van der Waals surface area (Å²) >= 11 is 6.16. The molecule has 0 heterocycles. The van der Waals surface area contributed by atoms with E-state index in [0.717, 1.165) is 35.8 Å². The van der Waals surface area contributed by atoms with Crippen LogP contribution in [0.5, 0.6) is 0 Å². The van der Waals surface area contributed by atoms with E-state index < -0.39 is 0 Å². The normalized spacial score (nSPS) is 13.1. The number of benzene rings is 1. The van der Waals surface area contributed by atoms with Gasteiger partial charge in [0.05, 0.1) is 0 Å². The Morgan fingerprint density at radius 3 is 2.62 bits per heavy atom. The average Bonchev–Trinajstić information content (AvgIpc) is 2.29. The third kappa shape index (κ3) is 3.39. The first-order valence-electron chi connectivity index (χ1n) is 5.86. The van der Waals surface area contributed by atoms with Crippen LogP contribution in [0.2, 0.25) is 5.02 Å².